The topological polar surface area (TPSA) is 111 Å². The number of imidazole rings is 1. The second-order valence-electron chi connectivity index (χ2n) is 3.73. The summed E-state index contributed by atoms with van der Waals surface area (Å²) in [5, 5.41) is 16.6. The van der Waals surface area contributed by atoms with Crippen molar-refractivity contribution < 1.29 is 4.92 Å². The molecule has 2 rings (SSSR count). The maximum absolute atomic E-state index is 11.1. The van der Waals surface area contributed by atoms with Crippen molar-refractivity contribution in [1.29, 1.82) is 0 Å². The monoisotopic (exact) mass is 263 g/mol. The molecule has 2 N–H and O–H groups in total. The Balaban J connectivity index is 2.25. The minimum atomic E-state index is -0.521. The molecule has 0 aliphatic rings. The van der Waals surface area contributed by atoms with Crippen molar-refractivity contribution in [3.05, 3.63) is 34.7 Å². The van der Waals surface area contributed by atoms with Gasteiger partial charge >= 0.3 is 5.69 Å². The Morgan fingerprint density at radius 1 is 1.37 bits per heavy atom. The van der Waals surface area contributed by atoms with E-state index in [0.29, 0.717) is 6.54 Å². The lowest BCUT2D eigenvalue weighted by Crippen LogP contribution is -2.10. The number of aryl methyl sites for hydroxylation is 1. The number of anilines is 2. The fraction of sp³-hybridized carbons (Fsp3) is 0.300. The summed E-state index contributed by atoms with van der Waals surface area (Å²) in [5.41, 5.74) is -0.181. The molecule has 0 aromatic carbocycles. The van der Waals surface area contributed by atoms with Crippen molar-refractivity contribution in [3.8, 4) is 0 Å². The maximum Gasteiger partial charge on any atom is 0.353 e. The number of hydrogen-bond acceptors (Lipinski definition) is 7. The van der Waals surface area contributed by atoms with Crippen LogP contribution in [0.1, 0.15) is 5.82 Å². The molecule has 0 unspecified atom stereocenters. The van der Waals surface area contributed by atoms with E-state index >= 15 is 0 Å². The predicted octanol–water partition coefficient (Wildman–Crippen LogP) is 0.772. The molecule has 0 aliphatic heterocycles. The SMILES string of the molecule is CNc1ncnc(NCc2nccn2C)c1[N+](=O)[O-]. The molecule has 0 atom stereocenters. The number of hydrogen-bond donors (Lipinski definition) is 2. The zero-order valence-corrected chi connectivity index (χ0v) is 10.5. The molecule has 100 valence electrons. The molecule has 0 aliphatic carbocycles. The molecule has 0 saturated heterocycles. The summed E-state index contributed by atoms with van der Waals surface area (Å²) in [4.78, 5) is 22.4. The van der Waals surface area contributed by atoms with E-state index in [0.717, 1.165) is 5.82 Å². The molecule has 9 heteroatoms. The van der Waals surface area contributed by atoms with Crippen molar-refractivity contribution in [1.82, 2.24) is 19.5 Å². The van der Waals surface area contributed by atoms with Crippen LogP contribution < -0.4 is 10.6 Å². The van der Waals surface area contributed by atoms with Crippen LogP contribution >= 0.6 is 0 Å². The molecule has 9 nitrogen and oxygen atoms in total. The maximum atomic E-state index is 11.1. The molecule has 0 bridgehead atoms. The molecular weight excluding hydrogens is 250 g/mol. The van der Waals surface area contributed by atoms with Crippen molar-refractivity contribution in [2.45, 2.75) is 6.54 Å². The molecule has 0 radical (unpaired) electrons. The Kier molecular flexibility index (Phi) is 3.55. The van der Waals surface area contributed by atoms with E-state index in [4.69, 9.17) is 0 Å². The normalized spacial score (nSPS) is 10.2. The Bertz CT molecular complexity index is 595. The summed E-state index contributed by atoms with van der Waals surface area (Å²) in [6.45, 7) is 0.338. The van der Waals surface area contributed by atoms with E-state index in [9.17, 15) is 10.1 Å². The van der Waals surface area contributed by atoms with Crippen molar-refractivity contribution in [3.63, 3.8) is 0 Å². The fourth-order valence-corrected chi connectivity index (χ4v) is 1.59. The first kappa shape index (κ1) is 12.7. The van der Waals surface area contributed by atoms with E-state index in [1.165, 1.54) is 6.33 Å². The Morgan fingerprint density at radius 2 is 2.11 bits per heavy atom. The van der Waals surface area contributed by atoms with Crippen molar-refractivity contribution >= 4 is 17.3 Å². The second-order valence-corrected chi connectivity index (χ2v) is 3.73. The van der Waals surface area contributed by atoms with Crippen molar-refractivity contribution in [2.75, 3.05) is 17.7 Å². The van der Waals surface area contributed by atoms with E-state index in [1.807, 2.05) is 11.6 Å². The fourth-order valence-electron chi connectivity index (χ4n) is 1.59. The molecule has 0 amide bonds. The number of nitro groups is 1. The molecule has 0 fully saturated rings. The highest BCUT2D eigenvalue weighted by molar-refractivity contribution is 5.68. The van der Waals surface area contributed by atoms with E-state index in [-0.39, 0.29) is 17.3 Å². The first-order valence-electron chi connectivity index (χ1n) is 5.50. The first-order valence-corrected chi connectivity index (χ1v) is 5.50. The van der Waals surface area contributed by atoms with Gasteiger partial charge in [-0.05, 0) is 0 Å². The van der Waals surface area contributed by atoms with Gasteiger partial charge in [-0.2, -0.15) is 0 Å². The summed E-state index contributed by atoms with van der Waals surface area (Å²) in [7, 11) is 3.41. The van der Waals surface area contributed by atoms with Gasteiger partial charge in [-0.25, -0.2) is 15.0 Å². The van der Waals surface area contributed by atoms with Crippen LogP contribution in [-0.4, -0.2) is 31.5 Å². The quantitative estimate of drug-likeness (QED) is 0.605. The van der Waals surface area contributed by atoms with Gasteiger partial charge in [0.1, 0.15) is 12.2 Å². The van der Waals surface area contributed by atoms with Crippen LogP contribution in [0.2, 0.25) is 0 Å². The number of nitrogens with one attached hydrogen (secondary N) is 2. The summed E-state index contributed by atoms with van der Waals surface area (Å²) >= 11 is 0. The van der Waals surface area contributed by atoms with Crippen LogP contribution in [0.15, 0.2) is 18.7 Å². The van der Waals surface area contributed by atoms with E-state index in [1.54, 1.807) is 19.4 Å². The van der Waals surface area contributed by atoms with Crippen molar-refractivity contribution in [2.24, 2.45) is 7.05 Å². The van der Waals surface area contributed by atoms with Gasteiger partial charge in [-0.1, -0.05) is 0 Å². The van der Waals surface area contributed by atoms with E-state index < -0.39 is 4.92 Å². The highest BCUT2D eigenvalue weighted by Crippen LogP contribution is 2.28. The number of rotatable bonds is 5. The summed E-state index contributed by atoms with van der Waals surface area (Å²) in [6, 6.07) is 0. The summed E-state index contributed by atoms with van der Waals surface area (Å²) < 4.78 is 1.82. The van der Waals surface area contributed by atoms with Crippen LogP contribution in [0, 0.1) is 10.1 Å². The summed E-state index contributed by atoms with van der Waals surface area (Å²) in [6.07, 6.45) is 4.72. The lowest BCUT2D eigenvalue weighted by atomic mass is 10.4. The molecule has 2 heterocycles. The summed E-state index contributed by atoms with van der Waals surface area (Å²) in [5.74, 6) is 1.08. The third-order valence-electron chi connectivity index (χ3n) is 2.58. The zero-order chi connectivity index (χ0) is 13.8. The molecule has 2 aromatic rings. The lowest BCUT2D eigenvalue weighted by molar-refractivity contribution is -0.383. The Hall–Kier alpha value is -2.71. The van der Waals surface area contributed by atoms with Crippen LogP contribution in [0.4, 0.5) is 17.3 Å². The predicted molar refractivity (Wildman–Crippen MR) is 68.8 cm³/mol. The van der Waals surface area contributed by atoms with Gasteiger partial charge in [0.05, 0.1) is 11.5 Å². The van der Waals surface area contributed by atoms with Gasteiger partial charge in [0.2, 0.25) is 11.6 Å². The second kappa shape index (κ2) is 5.29. The Morgan fingerprint density at radius 3 is 2.68 bits per heavy atom. The average molecular weight is 263 g/mol. The van der Waals surface area contributed by atoms with Gasteiger partial charge in [-0.15, -0.1) is 0 Å². The minimum Gasteiger partial charge on any atom is -0.367 e. The van der Waals surface area contributed by atoms with Gasteiger partial charge in [0.15, 0.2) is 0 Å². The molecule has 0 spiro atoms. The highest BCUT2D eigenvalue weighted by atomic mass is 16.6. The third kappa shape index (κ3) is 2.59. The van der Waals surface area contributed by atoms with Gasteiger partial charge in [-0.3, -0.25) is 10.1 Å². The van der Waals surface area contributed by atoms with Crippen LogP contribution in [0.3, 0.4) is 0 Å². The highest BCUT2D eigenvalue weighted by Gasteiger charge is 2.22. The number of nitrogens with zero attached hydrogens (tertiary/aromatic N) is 5. The van der Waals surface area contributed by atoms with Gasteiger partial charge in [0.25, 0.3) is 0 Å². The third-order valence-corrected chi connectivity index (χ3v) is 2.58. The zero-order valence-electron chi connectivity index (χ0n) is 10.5. The van der Waals surface area contributed by atoms with Gasteiger partial charge in [0, 0.05) is 26.5 Å². The smallest absolute Gasteiger partial charge is 0.353 e. The van der Waals surface area contributed by atoms with Crippen LogP contribution in [0.25, 0.3) is 0 Å². The first-order chi connectivity index (χ1) is 9.13. The average Bonchev–Trinajstić information content (AvgIpc) is 2.81. The standard InChI is InChI=1S/C10H13N7O2/c1-11-9-8(17(18)19)10(15-6-14-9)13-5-7-12-3-4-16(7)2/h3-4,6H,5H2,1-2H3,(H2,11,13,14,15). The minimum absolute atomic E-state index is 0.160. The van der Waals surface area contributed by atoms with Gasteiger partial charge < -0.3 is 15.2 Å². The largest absolute Gasteiger partial charge is 0.367 e. The Labute approximate surface area is 108 Å². The lowest BCUT2D eigenvalue weighted by Gasteiger charge is -2.08. The molecule has 0 saturated carbocycles. The van der Waals surface area contributed by atoms with E-state index in [2.05, 4.69) is 25.6 Å². The molecular formula is C10H13N7O2. The van der Waals surface area contributed by atoms with Crippen LogP contribution in [0.5, 0.6) is 0 Å². The van der Waals surface area contributed by atoms with Crippen LogP contribution in [-0.2, 0) is 13.6 Å². The molecule has 19 heavy (non-hydrogen) atoms. The number of aromatic nitrogens is 4. The molecule has 2 aromatic heterocycles.